The highest BCUT2D eigenvalue weighted by Crippen LogP contribution is 2.38. The first kappa shape index (κ1) is 23.7. The minimum absolute atomic E-state index is 0.123. The first-order chi connectivity index (χ1) is 16.5. The number of rotatable bonds is 7. The Bertz CT molecular complexity index is 1140. The molecule has 0 unspecified atom stereocenters. The van der Waals surface area contributed by atoms with Crippen molar-refractivity contribution in [2.75, 3.05) is 7.11 Å². The summed E-state index contributed by atoms with van der Waals surface area (Å²) in [5.74, 6) is -2.47. The topological polar surface area (TPSA) is 55.4 Å². The van der Waals surface area contributed by atoms with E-state index in [1.165, 1.54) is 25.3 Å². The summed E-state index contributed by atoms with van der Waals surface area (Å²) < 4.78 is 18.6. The summed E-state index contributed by atoms with van der Waals surface area (Å²) in [6.45, 7) is 0. The van der Waals surface area contributed by atoms with Crippen molar-refractivity contribution in [1.29, 1.82) is 0 Å². The fourth-order valence-corrected chi connectivity index (χ4v) is 4.83. The van der Waals surface area contributed by atoms with Crippen molar-refractivity contribution in [3.05, 3.63) is 119 Å². The summed E-state index contributed by atoms with van der Waals surface area (Å²) in [6, 6.07) is 23.0. The molecule has 1 aliphatic rings. The first-order valence-electron chi connectivity index (χ1n) is 11.1. The van der Waals surface area contributed by atoms with Gasteiger partial charge >= 0.3 is 5.97 Å². The summed E-state index contributed by atoms with van der Waals surface area (Å²) in [5, 5.41) is 3.29. The lowest BCUT2D eigenvalue weighted by Gasteiger charge is -2.24. The molecule has 0 spiro atoms. The molecule has 0 saturated carbocycles. The lowest BCUT2D eigenvalue weighted by molar-refractivity contribution is -0.143. The van der Waals surface area contributed by atoms with E-state index in [4.69, 9.17) is 16.3 Å². The number of methoxy groups -OCH3 is 1. The van der Waals surface area contributed by atoms with Crippen molar-refractivity contribution in [2.45, 2.75) is 24.3 Å². The fourth-order valence-electron chi connectivity index (χ4n) is 4.55. The number of hydrogen-bond acceptors (Lipinski definition) is 3. The number of amides is 1. The predicted molar refractivity (Wildman–Crippen MR) is 130 cm³/mol. The van der Waals surface area contributed by atoms with E-state index in [0.717, 1.165) is 11.1 Å². The highest BCUT2D eigenvalue weighted by molar-refractivity contribution is 6.31. The van der Waals surface area contributed by atoms with E-state index in [2.05, 4.69) is 5.32 Å². The van der Waals surface area contributed by atoms with Crippen LogP contribution in [0.25, 0.3) is 0 Å². The van der Waals surface area contributed by atoms with Crippen LogP contribution < -0.4 is 5.32 Å². The van der Waals surface area contributed by atoms with Crippen LogP contribution in [0.4, 0.5) is 4.39 Å². The van der Waals surface area contributed by atoms with Gasteiger partial charge in [0.05, 0.1) is 18.9 Å². The molecule has 34 heavy (non-hydrogen) atoms. The largest absolute Gasteiger partial charge is 0.469 e. The van der Waals surface area contributed by atoms with Crippen molar-refractivity contribution in [1.82, 2.24) is 5.32 Å². The maximum Gasteiger partial charge on any atom is 0.313 e. The third-order valence-electron chi connectivity index (χ3n) is 6.15. The Balaban J connectivity index is 1.53. The predicted octanol–water partition coefficient (Wildman–Crippen LogP) is 5.63. The summed E-state index contributed by atoms with van der Waals surface area (Å²) in [7, 11) is 1.31. The maximum atomic E-state index is 13.6. The smallest absolute Gasteiger partial charge is 0.313 e. The first-order valence-corrected chi connectivity index (χ1v) is 11.5. The molecule has 0 aromatic heterocycles. The monoisotopic (exact) mass is 477 g/mol. The van der Waals surface area contributed by atoms with E-state index in [9.17, 15) is 14.0 Å². The SMILES string of the molecule is COC(=O)[C@H](c1ccc(F)cc1Cl)[C@@H]1C=C[C@H](NC(=O)C(c2ccccc2)c2ccccc2)C1. The van der Waals surface area contributed by atoms with Gasteiger partial charge in [-0.25, -0.2) is 4.39 Å². The van der Waals surface area contributed by atoms with Gasteiger partial charge < -0.3 is 10.1 Å². The average molecular weight is 478 g/mol. The third-order valence-corrected chi connectivity index (χ3v) is 6.48. The van der Waals surface area contributed by atoms with Crippen molar-refractivity contribution in [3.63, 3.8) is 0 Å². The molecule has 4 rings (SSSR count). The quantitative estimate of drug-likeness (QED) is 0.354. The van der Waals surface area contributed by atoms with Crippen LogP contribution in [0.3, 0.4) is 0 Å². The van der Waals surface area contributed by atoms with Crippen molar-refractivity contribution in [3.8, 4) is 0 Å². The number of ether oxygens (including phenoxy) is 1. The second kappa shape index (κ2) is 10.7. The molecule has 0 heterocycles. The van der Waals surface area contributed by atoms with Gasteiger partial charge in [0.2, 0.25) is 5.91 Å². The number of benzene rings is 3. The number of halogens is 2. The number of nitrogens with one attached hydrogen (secondary N) is 1. The van der Waals surface area contributed by atoms with E-state index in [1.807, 2.05) is 72.8 Å². The molecule has 3 aromatic rings. The lowest BCUT2D eigenvalue weighted by atomic mass is 9.85. The zero-order valence-corrected chi connectivity index (χ0v) is 19.4. The van der Waals surface area contributed by atoms with Crippen LogP contribution in [0.2, 0.25) is 5.02 Å². The van der Waals surface area contributed by atoms with Crippen LogP contribution in [-0.4, -0.2) is 25.0 Å². The van der Waals surface area contributed by atoms with Crippen LogP contribution in [-0.2, 0) is 14.3 Å². The molecule has 0 aliphatic heterocycles. The molecule has 0 saturated heterocycles. The Labute approximate surface area is 203 Å². The molecular formula is C28H25ClFNO3. The molecule has 3 atom stereocenters. The van der Waals surface area contributed by atoms with Crippen molar-refractivity contribution >= 4 is 23.5 Å². The Kier molecular flexibility index (Phi) is 7.43. The number of carbonyl (C=O) groups excluding carboxylic acids is 2. The molecule has 1 aliphatic carbocycles. The lowest BCUT2D eigenvalue weighted by Crippen LogP contribution is -2.37. The Morgan fingerprint density at radius 3 is 2.15 bits per heavy atom. The van der Waals surface area contributed by atoms with E-state index in [1.54, 1.807) is 0 Å². The summed E-state index contributed by atoms with van der Waals surface area (Å²) in [6.07, 6.45) is 4.28. The molecule has 0 bridgehead atoms. The standard InChI is InChI=1S/C28H25ClFNO3/c1-34-28(33)26(23-15-13-21(30)17-24(23)29)20-12-14-22(16-20)31-27(32)25(18-8-4-2-5-9-18)19-10-6-3-7-11-19/h2-15,17,20,22,25-26H,16H2,1H3,(H,31,32)/t20-,22+,26+/m1/s1. The highest BCUT2D eigenvalue weighted by atomic mass is 35.5. The number of allylic oxidation sites excluding steroid dienone is 1. The molecule has 0 radical (unpaired) electrons. The van der Waals surface area contributed by atoms with Gasteiger partial charge in [-0.2, -0.15) is 0 Å². The summed E-state index contributed by atoms with van der Waals surface area (Å²) in [5.41, 5.74) is 2.30. The molecule has 1 amide bonds. The molecule has 3 aromatic carbocycles. The maximum absolute atomic E-state index is 13.6. The van der Waals surface area contributed by atoms with Gasteiger partial charge in [-0.05, 0) is 41.2 Å². The molecular weight excluding hydrogens is 453 g/mol. The summed E-state index contributed by atoms with van der Waals surface area (Å²) >= 11 is 6.26. The zero-order valence-electron chi connectivity index (χ0n) is 18.7. The molecule has 0 fully saturated rings. The molecule has 6 heteroatoms. The van der Waals surface area contributed by atoms with Gasteiger partial charge in [-0.15, -0.1) is 0 Å². The van der Waals surface area contributed by atoms with Gasteiger partial charge in [-0.3, -0.25) is 9.59 Å². The van der Waals surface area contributed by atoms with E-state index in [-0.39, 0.29) is 22.9 Å². The summed E-state index contributed by atoms with van der Waals surface area (Å²) in [4.78, 5) is 26.1. The number of esters is 1. The fraction of sp³-hybridized carbons (Fsp3) is 0.214. The Morgan fingerprint density at radius 2 is 1.59 bits per heavy atom. The van der Waals surface area contributed by atoms with Gasteiger partial charge in [0.25, 0.3) is 0 Å². The van der Waals surface area contributed by atoms with Gasteiger partial charge in [-0.1, -0.05) is 90.5 Å². The minimum atomic E-state index is -0.699. The average Bonchev–Trinajstić information content (AvgIpc) is 3.29. The van der Waals surface area contributed by atoms with Gasteiger partial charge in [0.15, 0.2) is 0 Å². The Morgan fingerprint density at radius 1 is 0.971 bits per heavy atom. The third kappa shape index (κ3) is 5.20. The highest BCUT2D eigenvalue weighted by Gasteiger charge is 2.36. The van der Waals surface area contributed by atoms with Crippen LogP contribution >= 0.6 is 11.6 Å². The molecule has 1 N–H and O–H groups in total. The normalized spacial score (nSPS) is 18.0. The van der Waals surface area contributed by atoms with Crippen molar-refractivity contribution in [2.24, 2.45) is 5.92 Å². The Hall–Kier alpha value is -3.44. The van der Waals surface area contributed by atoms with E-state index >= 15 is 0 Å². The van der Waals surface area contributed by atoms with Gasteiger partial charge in [0, 0.05) is 11.1 Å². The van der Waals surface area contributed by atoms with Crippen LogP contribution in [0, 0.1) is 11.7 Å². The zero-order chi connectivity index (χ0) is 24.1. The van der Waals surface area contributed by atoms with Crippen molar-refractivity contribution < 1.29 is 18.7 Å². The van der Waals surface area contributed by atoms with Gasteiger partial charge in [0.1, 0.15) is 5.82 Å². The van der Waals surface area contributed by atoms with Crippen LogP contribution in [0.15, 0.2) is 91.0 Å². The molecule has 174 valence electrons. The van der Waals surface area contributed by atoms with E-state index in [0.29, 0.717) is 12.0 Å². The second-order valence-corrected chi connectivity index (χ2v) is 8.73. The minimum Gasteiger partial charge on any atom is -0.469 e. The van der Waals surface area contributed by atoms with Crippen LogP contribution in [0.5, 0.6) is 0 Å². The number of carbonyl (C=O) groups is 2. The number of hydrogen-bond donors (Lipinski definition) is 1. The van der Waals surface area contributed by atoms with E-state index < -0.39 is 23.6 Å². The second-order valence-electron chi connectivity index (χ2n) is 8.32. The van der Waals surface area contributed by atoms with Crippen LogP contribution in [0.1, 0.15) is 34.9 Å². The molecule has 4 nitrogen and oxygen atoms in total.